The van der Waals surface area contributed by atoms with Gasteiger partial charge in [-0.2, -0.15) is 11.8 Å². The molecule has 0 radical (unpaired) electrons. The van der Waals surface area contributed by atoms with Crippen molar-refractivity contribution in [2.24, 2.45) is 0 Å². The number of aryl methyl sites for hydroxylation is 2. The zero-order valence-corrected chi connectivity index (χ0v) is 11.1. The molecule has 0 bridgehead atoms. The van der Waals surface area contributed by atoms with Gasteiger partial charge < -0.3 is 5.73 Å². The molecule has 2 N–H and O–H groups in total. The molecule has 0 amide bonds. The van der Waals surface area contributed by atoms with E-state index in [4.69, 9.17) is 5.73 Å². The molecular weight excluding hydrogens is 232 g/mol. The van der Waals surface area contributed by atoms with Crippen molar-refractivity contribution in [1.82, 2.24) is 14.5 Å². The van der Waals surface area contributed by atoms with Crippen molar-refractivity contribution >= 4 is 28.9 Å². The molecule has 0 spiro atoms. The van der Waals surface area contributed by atoms with E-state index in [1.54, 1.807) is 0 Å². The van der Waals surface area contributed by atoms with Gasteiger partial charge in [0.05, 0.1) is 0 Å². The van der Waals surface area contributed by atoms with Crippen molar-refractivity contribution < 1.29 is 0 Å². The van der Waals surface area contributed by atoms with Crippen molar-refractivity contribution in [3.63, 3.8) is 0 Å². The van der Waals surface area contributed by atoms with Crippen molar-refractivity contribution in [3.8, 4) is 0 Å². The molecule has 0 saturated carbocycles. The van der Waals surface area contributed by atoms with E-state index in [1.165, 1.54) is 12.2 Å². The predicted octanol–water partition coefficient (Wildman–Crippen LogP) is 2.47. The highest BCUT2D eigenvalue weighted by Gasteiger charge is 2.08. The van der Waals surface area contributed by atoms with Crippen LogP contribution in [0, 0.1) is 6.92 Å². The second-order valence-corrected chi connectivity index (χ2v) is 5.16. The van der Waals surface area contributed by atoms with Gasteiger partial charge in [-0.15, -0.1) is 0 Å². The molecule has 4 nitrogen and oxygen atoms in total. The van der Waals surface area contributed by atoms with Crippen LogP contribution in [0.5, 0.6) is 0 Å². The molecule has 0 unspecified atom stereocenters. The van der Waals surface area contributed by atoms with Crippen LogP contribution in [0.25, 0.3) is 11.2 Å². The van der Waals surface area contributed by atoms with E-state index in [9.17, 15) is 0 Å². The molecule has 0 aliphatic rings. The largest absolute Gasteiger partial charge is 0.369 e. The van der Waals surface area contributed by atoms with Gasteiger partial charge in [-0.05, 0) is 43.4 Å². The summed E-state index contributed by atoms with van der Waals surface area (Å²) in [5.41, 5.74) is 8.84. The molecule has 92 valence electrons. The molecule has 0 fully saturated rings. The maximum atomic E-state index is 5.92. The van der Waals surface area contributed by atoms with E-state index < -0.39 is 0 Å². The highest BCUT2D eigenvalue weighted by molar-refractivity contribution is 7.98. The highest BCUT2D eigenvalue weighted by Crippen LogP contribution is 2.17. The minimum Gasteiger partial charge on any atom is -0.369 e. The quantitative estimate of drug-likeness (QED) is 0.828. The number of unbranched alkanes of at least 4 members (excludes halogenated alkanes) is 1. The Kier molecular flexibility index (Phi) is 3.89. The van der Waals surface area contributed by atoms with Crippen LogP contribution in [0.15, 0.2) is 12.3 Å². The Morgan fingerprint density at radius 2 is 2.24 bits per heavy atom. The second-order valence-electron chi connectivity index (χ2n) is 4.18. The van der Waals surface area contributed by atoms with Crippen LogP contribution in [0.4, 0.5) is 5.95 Å². The monoisotopic (exact) mass is 250 g/mol. The van der Waals surface area contributed by atoms with E-state index in [2.05, 4.69) is 16.2 Å². The van der Waals surface area contributed by atoms with Gasteiger partial charge in [0.1, 0.15) is 5.52 Å². The molecule has 5 heteroatoms. The number of thioether (sulfide) groups is 1. The molecule has 2 heterocycles. The fourth-order valence-electron chi connectivity index (χ4n) is 1.87. The normalized spacial score (nSPS) is 11.2. The Morgan fingerprint density at radius 1 is 1.41 bits per heavy atom. The van der Waals surface area contributed by atoms with Crippen molar-refractivity contribution in [1.29, 1.82) is 0 Å². The van der Waals surface area contributed by atoms with E-state index in [-0.39, 0.29) is 0 Å². The number of pyridine rings is 1. The fourth-order valence-corrected chi connectivity index (χ4v) is 2.36. The van der Waals surface area contributed by atoms with Gasteiger partial charge >= 0.3 is 0 Å². The van der Waals surface area contributed by atoms with Crippen LogP contribution >= 0.6 is 11.8 Å². The first-order valence-electron chi connectivity index (χ1n) is 5.79. The zero-order valence-electron chi connectivity index (χ0n) is 10.3. The Labute approximate surface area is 106 Å². The van der Waals surface area contributed by atoms with E-state index >= 15 is 0 Å². The lowest BCUT2D eigenvalue weighted by molar-refractivity contribution is 0.652. The molecule has 0 aromatic carbocycles. The lowest BCUT2D eigenvalue weighted by Gasteiger charge is -2.05. The predicted molar refractivity (Wildman–Crippen MR) is 74.3 cm³/mol. The molecule has 2 aromatic rings. The third-order valence-corrected chi connectivity index (χ3v) is 3.43. The first kappa shape index (κ1) is 12.2. The van der Waals surface area contributed by atoms with Crippen LogP contribution in [-0.4, -0.2) is 26.5 Å². The molecular formula is C12H18N4S. The van der Waals surface area contributed by atoms with E-state index in [1.807, 2.05) is 35.5 Å². The number of anilines is 1. The molecule has 0 aliphatic carbocycles. The number of nitrogens with two attached hydrogens (primary N) is 1. The first-order chi connectivity index (χ1) is 8.22. The number of rotatable bonds is 5. The minimum absolute atomic E-state index is 0.572. The summed E-state index contributed by atoms with van der Waals surface area (Å²) in [7, 11) is 0. The topological polar surface area (TPSA) is 56.7 Å². The number of nitrogens with zero attached hydrogens (tertiary/aromatic N) is 3. The summed E-state index contributed by atoms with van der Waals surface area (Å²) >= 11 is 1.88. The number of fused-ring (bicyclic) bond motifs is 1. The maximum absolute atomic E-state index is 5.92. The second kappa shape index (κ2) is 5.40. The van der Waals surface area contributed by atoms with Gasteiger partial charge in [0.25, 0.3) is 0 Å². The molecule has 2 rings (SSSR count). The summed E-state index contributed by atoms with van der Waals surface area (Å²) in [6.07, 6.45) is 6.31. The third-order valence-electron chi connectivity index (χ3n) is 2.73. The smallest absolute Gasteiger partial charge is 0.202 e. The highest BCUT2D eigenvalue weighted by atomic mass is 32.2. The lowest BCUT2D eigenvalue weighted by atomic mass is 10.3. The summed E-state index contributed by atoms with van der Waals surface area (Å²) in [4.78, 5) is 8.76. The van der Waals surface area contributed by atoms with E-state index in [0.29, 0.717) is 5.95 Å². The van der Waals surface area contributed by atoms with Crippen LogP contribution in [0.1, 0.15) is 18.4 Å². The SMILES string of the molecule is CSCCCCn1c(N)nc2cc(C)cnc21. The Bertz CT molecular complexity index is 506. The van der Waals surface area contributed by atoms with Crippen LogP contribution in [-0.2, 0) is 6.54 Å². The minimum atomic E-state index is 0.572. The number of nitrogen functional groups attached to an aromatic ring is 1. The number of imidazole rings is 1. The Balaban J connectivity index is 2.18. The molecule has 17 heavy (non-hydrogen) atoms. The Hall–Kier alpha value is -1.23. The van der Waals surface area contributed by atoms with Crippen molar-refractivity contribution in [2.45, 2.75) is 26.3 Å². The number of aromatic nitrogens is 3. The third kappa shape index (κ3) is 2.72. The van der Waals surface area contributed by atoms with E-state index in [0.717, 1.165) is 29.7 Å². The van der Waals surface area contributed by atoms with Gasteiger partial charge in [-0.3, -0.25) is 4.57 Å². The standard InChI is InChI=1S/C12H18N4S/c1-9-7-10-11(14-8-9)16(12(13)15-10)5-3-4-6-17-2/h7-8H,3-6H2,1-2H3,(H2,13,15). The summed E-state index contributed by atoms with van der Waals surface area (Å²) < 4.78 is 2.01. The van der Waals surface area contributed by atoms with Gasteiger partial charge in [0.15, 0.2) is 5.65 Å². The fraction of sp³-hybridized carbons (Fsp3) is 0.500. The number of hydrogen-bond acceptors (Lipinski definition) is 4. The molecule has 0 aliphatic heterocycles. The Morgan fingerprint density at radius 3 is 3.00 bits per heavy atom. The number of hydrogen-bond donors (Lipinski definition) is 1. The summed E-state index contributed by atoms with van der Waals surface area (Å²) in [6, 6.07) is 2.02. The van der Waals surface area contributed by atoms with Gasteiger partial charge in [-0.1, -0.05) is 0 Å². The van der Waals surface area contributed by atoms with Crippen LogP contribution in [0.3, 0.4) is 0 Å². The summed E-state index contributed by atoms with van der Waals surface area (Å²) in [5, 5.41) is 0. The summed E-state index contributed by atoms with van der Waals surface area (Å²) in [6.45, 7) is 2.92. The van der Waals surface area contributed by atoms with Gasteiger partial charge in [0, 0.05) is 12.7 Å². The average Bonchev–Trinajstić information content (AvgIpc) is 2.60. The molecule has 0 saturated heterocycles. The molecule has 0 atom stereocenters. The lowest BCUT2D eigenvalue weighted by Crippen LogP contribution is -2.04. The van der Waals surface area contributed by atoms with Crippen molar-refractivity contribution in [3.05, 3.63) is 17.8 Å². The maximum Gasteiger partial charge on any atom is 0.202 e. The average molecular weight is 250 g/mol. The zero-order chi connectivity index (χ0) is 12.3. The first-order valence-corrected chi connectivity index (χ1v) is 7.19. The molecule has 2 aromatic heterocycles. The van der Waals surface area contributed by atoms with Gasteiger partial charge in [-0.25, -0.2) is 9.97 Å². The van der Waals surface area contributed by atoms with Crippen molar-refractivity contribution in [2.75, 3.05) is 17.7 Å². The van der Waals surface area contributed by atoms with Gasteiger partial charge in [0.2, 0.25) is 5.95 Å². The van der Waals surface area contributed by atoms with Crippen LogP contribution < -0.4 is 5.73 Å². The summed E-state index contributed by atoms with van der Waals surface area (Å²) in [5.74, 6) is 1.77. The van der Waals surface area contributed by atoms with Crippen LogP contribution in [0.2, 0.25) is 0 Å².